The Bertz CT molecular complexity index is 391. The van der Waals surface area contributed by atoms with Gasteiger partial charge in [-0.1, -0.05) is 0 Å². The number of hydrogen-bond acceptors (Lipinski definition) is 4. The first-order valence-electron chi connectivity index (χ1n) is 7.20. The monoisotopic (exact) mass is 283 g/mol. The average Bonchev–Trinajstić information content (AvgIpc) is 2.78. The minimum atomic E-state index is -0.613. The van der Waals surface area contributed by atoms with E-state index in [1.165, 1.54) is 0 Å². The van der Waals surface area contributed by atoms with Gasteiger partial charge in [-0.25, -0.2) is 0 Å². The number of carbonyl (C=O) groups is 2. The van der Waals surface area contributed by atoms with Gasteiger partial charge in [0.2, 0.25) is 11.8 Å². The number of ether oxygens (including phenoxy) is 1. The SMILES string of the molecule is CN(C)C(=O)C1CCN(C(=O)C2(C)COCC2N)CC1. The van der Waals surface area contributed by atoms with Gasteiger partial charge in [0.15, 0.2) is 0 Å². The van der Waals surface area contributed by atoms with Crippen LogP contribution in [0.4, 0.5) is 0 Å². The highest BCUT2D eigenvalue weighted by molar-refractivity contribution is 5.84. The average molecular weight is 283 g/mol. The molecule has 0 saturated carbocycles. The van der Waals surface area contributed by atoms with Crippen molar-refractivity contribution in [1.29, 1.82) is 0 Å². The van der Waals surface area contributed by atoms with Crippen LogP contribution in [0.3, 0.4) is 0 Å². The molecule has 114 valence electrons. The Kier molecular flexibility index (Phi) is 4.34. The fourth-order valence-corrected chi connectivity index (χ4v) is 2.97. The van der Waals surface area contributed by atoms with Crippen molar-refractivity contribution in [2.75, 3.05) is 40.4 Å². The number of hydrogen-bond donors (Lipinski definition) is 1. The van der Waals surface area contributed by atoms with Crippen molar-refractivity contribution >= 4 is 11.8 Å². The Morgan fingerprint density at radius 2 is 1.90 bits per heavy atom. The van der Waals surface area contributed by atoms with E-state index >= 15 is 0 Å². The summed E-state index contributed by atoms with van der Waals surface area (Å²) in [4.78, 5) is 28.0. The molecule has 0 spiro atoms. The quantitative estimate of drug-likeness (QED) is 0.753. The van der Waals surface area contributed by atoms with Gasteiger partial charge in [-0.05, 0) is 19.8 Å². The molecule has 6 heteroatoms. The van der Waals surface area contributed by atoms with Crippen LogP contribution in [0.25, 0.3) is 0 Å². The molecule has 0 bridgehead atoms. The second-order valence-electron chi connectivity index (χ2n) is 6.34. The number of nitrogens with two attached hydrogens (primary N) is 1. The summed E-state index contributed by atoms with van der Waals surface area (Å²) in [6, 6.07) is -0.240. The molecule has 2 atom stereocenters. The van der Waals surface area contributed by atoms with Crippen LogP contribution in [0.1, 0.15) is 19.8 Å². The maximum Gasteiger partial charge on any atom is 0.232 e. The minimum absolute atomic E-state index is 0.0374. The third-order valence-corrected chi connectivity index (χ3v) is 4.58. The van der Waals surface area contributed by atoms with E-state index in [1.807, 2.05) is 11.8 Å². The smallest absolute Gasteiger partial charge is 0.232 e. The molecular formula is C14H25N3O3. The lowest BCUT2D eigenvalue weighted by Crippen LogP contribution is -2.53. The lowest BCUT2D eigenvalue weighted by molar-refractivity contribution is -0.146. The highest BCUT2D eigenvalue weighted by atomic mass is 16.5. The predicted molar refractivity (Wildman–Crippen MR) is 74.9 cm³/mol. The van der Waals surface area contributed by atoms with Gasteiger partial charge in [0.1, 0.15) is 0 Å². The van der Waals surface area contributed by atoms with Crippen molar-refractivity contribution in [3.8, 4) is 0 Å². The van der Waals surface area contributed by atoms with Gasteiger partial charge in [-0.15, -0.1) is 0 Å². The maximum atomic E-state index is 12.6. The largest absolute Gasteiger partial charge is 0.379 e. The molecule has 0 aromatic heterocycles. The fourth-order valence-electron chi connectivity index (χ4n) is 2.97. The second-order valence-corrected chi connectivity index (χ2v) is 6.34. The van der Waals surface area contributed by atoms with E-state index in [0.29, 0.717) is 26.3 Å². The van der Waals surface area contributed by atoms with Crippen molar-refractivity contribution in [1.82, 2.24) is 9.80 Å². The van der Waals surface area contributed by atoms with Gasteiger partial charge in [-0.3, -0.25) is 9.59 Å². The Morgan fingerprint density at radius 3 is 2.35 bits per heavy atom. The molecule has 0 aliphatic carbocycles. The van der Waals surface area contributed by atoms with E-state index in [1.54, 1.807) is 19.0 Å². The maximum absolute atomic E-state index is 12.6. The lowest BCUT2D eigenvalue weighted by atomic mass is 9.83. The molecule has 2 heterocycles. The summed E-state index contributed by atoms with van der Waals surface area (Å²) in [6.07, 6.45) is 1.46. The van der Waals surface area contributed by atoms with Crippen molar-refractivity contribution in [3.63, 3.8) is 0 Å². The van der Waals surface area contributed by atoms with Crippen LogP contribution in [0.15, 0.2) is 0 Å². The summed E-state index contributed by atoms with van der Waals surface area (Å²) in [7, 11) is 3.55. The van der Waals surface area contributed by atoms with Crippen LogP contribution in [0, 0.1) is 11.3 Å². The minimum Gasteiger partial charge on any atom is -0.379 e. The van der Waals surface area contributed by atoms with Gasteiger partial charge in [0.05, 0.1) is 18.6 Å². The summed E-state index contributed by atoms with van der Waals surface area (Å²) < 4.78 is 5.34. The topological polar surface area (TPSA) is 75.9 Å². The first-order valence-corrected chi connectivity index (χ1v) is 7.20. The molecule has 2 rings (SSSR count). The van der Waals surface area contributed by atoms with Crippen molar-refractivity contribution in [3.05, 3.63) is 0 Å². The van der Waals surface area contributed by atoms with Crippen LogP contribution in [0.5, 0.6) is 0 Å². The molecule has 0 radical (unpaired) electrons. The Hall–Kier alpha value is -1.14. The third-order valence-electron chi connectivity index (χ3n) is 4.58. The van der Waals surface area contributed by atoms with Crippen molar-refractivity contribution in [2.45, 2.75) is 25.8 Å². The van der Waals surface area contributed by atoms with Gasteiger partial charge < -0.3 is 20.3 Å². The van der Waals surface area contributed by atoms with Gasteiger partial charge in [-0.2, -0.15) is 0 Å². The van der Waals surface area contributed by atoms with E-state index in [9.17, 15) is 9.59 Å². The van der Waals surface area contributed by atoms with Gasteiger partial charge >= 0.3 is 0 Å². The highest BCUT2D eigenvalue weighted by Crippen LogP contribution is 2.31. The number of likely N-dealkylation sites (tertiary alicyclic amines) is 1. The zero-order valence-electron chi connectivity index (χ0n) is 12.6. The molecule has 2 aliphatic heterocycles. The molecule has 2 unspecified atom stereocenters. The number of nitrogens with zero attached hydrogens (tertiary/aromatic N) is 2. The van der Waals surface area contributed by atoms with E-state index < -0.39 is 5.41 Å². The molecule has 2 N–H and O–H groups in total. The fraction of sp³-hybridized carbons (Fsp3) is 0.857. The number of piperidine rings is 1. The molecule has 20 heavy (non-hydrogen) atoms. The highest BCUT2D eigenvalue weighted by Gasteiger charge is 2.47. The second kappa shape index (κ2) is 5.69. The third kappa shape index (κ3) is 2.67. The molecule has 0 aromatic rings. The summed E-state index contributed by atoms with van der Waals surface area (Å²) in [5, 5.41) is 0. The summed E-state index contributed by atoms with van der Waals surface area (Å²) in [5.41, 5.74) is 5.39. The summed E-state index contributed by atoms with van der Waals surface area (Å²) >= 11 is 0. The number of amides is 2. The molecule has 2 fully saturated rings. The van der Waals surface area contributed by atoms with E-state index in [0.717, 1.165) is 12.8 Å². The Morgan fingerprint density at radius 1 is 1.30 bits per heavy atom. The van der Waals surface area contributed by atoms with Crippen LogP contribution in [0.2, 0.25) is 0 Å². The summed E-state index contributed by atoms with van der Waals surface area (Å²) in [5.74, 6) is 0.262. The zero-order valence-corrected chi connectivity index (χ0v) is 12.6. The van der Waals surface area contributed by atoms with Gasteiger partial charge in [0, 0.05) is 39.1 Å². The summed E-state index contributed by atoms with van der Waals surface area (Å²) in [6.45, 7) is 3.97. The van der Waals surface area contributed by atoms with E-state index in [2.05, 4.69) is 0 Å². The first kappa shape index (κ1) is 15.3. The zero-order chi connectivity index (χ0) is 14.9. The number of rotatable bonds is 2. The number of carbonyl (C=O) groups excluding carboxylic acids is 2. The molecular weight excluding hydrogens is 258 g/mol. The molecule has 2 saturated heterocycles. The van der Waals surface area contributed by atoms with Crippen LogP contribution in [-0.2, 0) is 14.3 Å². The first-order chi connectivity index (χ1) is 9.36. The lowest BCUT2D eigenvalue weighted by Gasteiger charge is -2.37. The van der Waals surface area contributed by atoms with Crippen LogP contribution >= 0.6 is 0 Å². The van der Waals surface area contributed by atoms with Crippen LogP contribution < -0.4 is 5.73 Å². The molecule has 2 amide bonds. The Balaban J connectivity index is 1.94. The normalized spacial score (nSPS) is 31.4. The Labute approximate surface area is 120 Å². The molecule has 0 aromatic carbocycles. The van der Waals surface area contributed by atoms with Crippen molar-refractivity contribution in [2.24, 2.45) is 17.1 Å². The molecule has 2 aliphatic rings. The van der Waals surface area contributed by atoms with Crippen LogP contribution in [-0.4, -0.2) is 68.1 Å². The van der Waals surface area contributed by atoms with Gasteiger partial charge in [0.25, 0.3) is 0 Å². The predicted octanol–water partition coefficient (Wildman–Crippen LogP) is -0.323. The standard InChI is InChI=1S/C14H25N3O3/c1-14(9-20-8-11(14)15)13(19)17-6-4-10(5-7-17)12(18)16(2)3/h10-11H,4-9,15H2,1-3H3. The van der Waals surface area contributed by atoms with E-state index in [4.69, 9.17) is 10.5 Å². The molecule has 6 nitrogen and oxygen atoms in total. The van der Waals surface area contributed by atoms with E-state index in [-0.39, 0.29) is 23.8 Å². The van der Waals surface area contributed by atoms with Crippen molar-refractivity contribution < 1.29 is 14.3 Å².